The fraction of sp³-hybridized carbons (Fsp3) is 0.667. The number of rotatable bonds is 3. The van der Waals surface area contributed by atoms with Crippen LogP contribution in [0.3, 0.4) is 0 Å². The van der Waals surface area contributed by atoms with Gasteiger partial charge < -0.3 is 10.1 Å². The number of hydrogen-bond acceptors (Lipinski definition) is 2. The molecule has 1 heterocycles. The van der Waals surface area contributed by atoms with Crippen molar-refractivity contribution >= 4 is 11.6 Å². The molecule has 0 saturated heterocycles. The van der Waals surface area contributed by atoms with Crippen molar-refractivity contribution in [1.82, 2.24) is 5.32 Å². The van der Waals surface area contributed by atoms with Crippen molar-refractivity contribution in [2.24, 2.45) is 11.8 Å². The molecule has 4 rings (SSSR count). The molecule has 0 aromatic heterocycles. The lowest BCUT2D eigenvalue weighted by Gasteiger charge is -2.45. The summed E-state index contributed by atoms with van der Waals surface area (Å²) in [4.78, 5) is 0. The minimum atomic E-state index is 0.0924. The first-order valence-electron chi connectivity index (χ1n) is 8.42. The van der Waals surface area contributed by atoms with Gasteiger partial charge in [0.25, 0.3) is 0 Å². The van der Waals surface area contributed by atoms with Gasteiger partial charge in [-0.2, -0.15) is 0 Å². The van der Waals surface area contributed by atoms with Gasteiger partial charge in [0, 0.05) is 23.0 Å². The Kier molecular flexibility index (Phi) is 3.42. The highest BCUT2D eigenvalue weighted by molar-refractivity contribution is 6.30. The third-order valence-corrected chi connectivity index (χ3v) is 6.01. The van der Waals surface area contributed by atoms with Crippen LogP contribution in [0.25, 0.3) is 0 Å². The van der Waals surface area contributed by atoms with E-state index in [2.05, 4.69) is 24.4 Å². The quantitative estimate of drug-likeness (QED) is 0.872. The van der Waals surface area contributed by atoms with E-state index in [1.165, 1.54) is 31.2 Å². The Morgan fingerprint density at radius 1 is 1.33 bits per heavy atom. The van der Waals surface area contributed by atoms with E-state index < -0.39 is 0 Å². The Hall–Kier alpha value is -0.730. The Labute approximate surface area is 132 Å². The van der Waals surface area contributed by atoms with E-state index >= 15 is 0 Å². The number of nitrogens with one attached hydrogen (secondary N) is 1. The molecule has 1 spiro atoms. The van der Waals surface area contributed by atoms with Gasteiger partial charge in [0.2, 0.25) is 0 Å². The average Bonchev–Trinajstić information content (AvgIpc) is 3.06. The first kappa shape index (κ1) is 13.9. The van der Waals surface area contributed by atoms with E-state index in [0.29, 0.717) is 6.04 Å². The zero-order valence-electron chi connectivity index (χ0n) is 12.7. The first-order valence-corrected chi connectivity index (χ1v) is 8.80. The average molecular weight is 306 g/mol. The number of ether oxygens (including phenoxy) is 1. The van der Waals surface area contributed by atoms with E-state index in [1.54, 1.807) is 0 Å². The van der Waals surface area contributed by atoms with Gasteiger partial charge in [-0.1, -0.05) is 18.5 Å². The summed E-state index contributed by atoms with van der Waals surface area (Å²) in [6.07, 6.45) is 7.67. The minimum Gasteiger partial charge on any atom is -0.487 e. The largest absolute Gasteiger partial charge is 0.487 e. The van der Waals surface area contributed by atoms with Crippen LogP contribution in [0.2, 0.25) is 5.02 Å². The molecule has 21 heavy (non-hydrogen) atoms. The van der Waals surface area contributed by atoms with Crippen molar-refractivity contribution in [3.8, 4) is 5.75 Å². The predicted molar refractivity (Wildman–Crippen MR) is 85.9 cm³/mol. The molecule has 0 radical (unpaired) electrons. The molecule has 1 aromatic rings. The van der Waals surface area contributed by atoms with E-state index in [1.807, 2.05) is 6.07 Å². The lowest BCUT2D eigenvalue weighted by molar-refractivity contribution is -0.0183. The highest BCUT2D eigenvalue weighted by Crippen LogP contribution is 2.58. The third-order valence-electron chi connectivity index (χ3n) is 5.77. The van der Waals surface area contributed by atoms with Crippen molar-refractivity contribution in [2.45, 2.75) is 57.1 Å². The molecule has 1 aliphatic heterocycles. The SMILES string of the molecule is CCCNC1CC2(CC3CCC2C3)Oc2ccc(Cl)cc21. The molecule has 2 nitrogen and oxygen atoms in total. The second-order valence-electron chi connectivity index (χ2n) is 7.14. The highest BCUT2D eigenvalue weighted by atomic mass is 35.5. The molecule has 3 aliphatic rings. The molecule has 2 saturated carbocycles. The van der Waals surface area contributed by atoms with Crippen molar-refractivity contribution in [3.63, 3.8) is 0 Å². The summed E-state index contributed by atoms with van der Waals surface area (Å²) in [7, 11) is 0. The van der Waals surface area contributed by atoms with E-state index in [4.69, 9.17) is 16.3 Å². The summed E-state index contributed by atoms with van der Waals surface area (Å²) < 4.78 is 6.58. The van der Waals surface area contributed by atoms with Crippen LogP contribution in [0.15, 0.2) is 18.2 Å². The summed E-state index contributed by atoms with van der Waals surface area (Å²) >= 11 is 6.21. The molecule has 2 bridgehead atoms. The minimum absolute atomic E-state index is 0.0924. The lowest BCUT2D eigenvalue weighted by atomic mass is 9.76. The maximum Gasteiger partial charge on any atom is 0.125 e. The van der Waals surface area contributed by atoms with Gasteiger partial charge in [0.1, 0.15) is 11.4 Å². The number of hydrogen-bond donors (Lipinski definition) is 1. The zero-order valence-corrected chi connectivity index (χ0v) is 13.5. The van der Waals surface area contributed by atoms with Gasteiger partial charge in [-0.15, -0.1) is 0 Å². The molecule has 0 amide bonds. The Balaban J connectivity index is 1.68. The number of halogens is 1. The normalized spacial score (nSPS) is 36.8. The van der Waals surface area contributed by atoms with Gasteiger partial charge in [-0.05, 0) is 68.7 Å². The summed E-state index contributed by atoms with van der Waals surface area (Å²) in [6.45, 7) is 3.28. The molecule has 3 heteroatoms. The van der Waals surface area contributed by atoms with Gasteiger partial charge >= 0.3 is 0 Å². The number of fused-ring (bicyclic) bond motifs is 4. The van der Waals surface area contributed by atoms with Crippen LogP contribution >= 0.6 is 11.6 Å². The standard InChI is InChI=1S/C18H24ClNO/c1-2-7-20-16-11-18(10-12-3-4-13(18)8-12)21-17-6-5-14(19)9-15(16)17/h5-6,9,12-13,16,20H,2-4,7-8,10-11H2,1H3. The Morgan fingerprint density at radius 2 is 2.24 bits per heavy atom. The molecular weight excluding hydrogens is 282 g/mol. The van der Waals surface area contributed by atoms with Crippen LogP contribution in [-0.2, 0) is 0 Å². The molecule has 4 atom stereocenters. The summed E-state index contributed by atoms with van der Waals surface area (Å²) in [5.41, 5.74) is 1.35. The fourth-order valence-corrected chi connectivity index (χ4v) is 5.05. The van der Waals surface area contributed by atoms with Crippen LogP contribution in [0, 0.1) is 11.8 Å². The van der Waals surface area contributed by atoms with Gasteiger partial charge in [-0.3, -0.25) is 0 Å². The Bertz CT molecular complexity index is 546. The summed E-state index contributed by atoms with van der Waals surface area (Å²) in [5.74, 6) is 2.72. The molecule has 4 unspecified atom stereocenters. The van der Waals surface area contributed by atoms with E-state index in [-0.39, 0.29) is 5.60 Å². The lowest BCUT2D eigenvalue weighted by Crippen LogP contribution is -2.48. The molecule has 1 N–H and O–H groups in total. The second kappa shape index (κ2) is 5.17. The molecule has 1 aromatic carbocycles. The van der Waals surface area contributed by atoms with Crippen molar-refractivity contribution in [1.29, 1.82) is 0 Å². The number of benzene rings is 1. The maximum atomic E-state index is 6.58. The molecule has 2 fully saturated rings. The molecular formula is C18H24ClNO. The maximum absolute atomic E-state index is 6.58. The monoisotopic (exact) mass is 305 g/mol. The third kappa shape index (κ3) is 2.27. The summed E-state index contributed by atoms with van der Waals surface area (Å²) in [6, 6.07) is 6.52. The van der Waals surface area contributed by atoms with Crippen LogP contribution < -0.4 is 10.1 Å². The highest BCUT2D eigenvalue weighted by Gasteiger charge is 2.55. The zero-order chi connectivity index (χ0) is 14.4. The van der Waals surface area contributed by atoms with Crippen LogP contribution in [-0.4, -0.2) is 12.1 Å². The van der Waals surface area contributed by atoms with Gasteiger partial charge in [0.15, 0.2) is 0 Å². The second-order valence-corrected chi connectivity index (χ2v) is 7.58. The van der Waals surface area contributed by atoms with Gasteiger partial charge in [0.05, 0.1) is 0 Å². The van der Waals surface area contributed by atoms with Crippen LogP contribution in [0.5, 0.6) is 5.75 Å². The van der Waals surface area contributed by atoms with E-state index in [9.17, 15) is 0 Å². The van der Waals surface area contributed by atoms with Crippen molar-refractivity contribution < 1.29 is 4.74 Å². The van der Waals surface area contributed by atoms with Crippen LogP contribution in [0.1, 0.15) is 57.1 Å². The fourth-order valence-electron chi connectivity index (χ4n) is 4.87. The molecule has 2 aliphatic carbocycles. The molecule has 114 valence electrons. The summed E-state index contributed by atoms with van der Waals surface area (Å²) in [5, 5.41) is 4.54. The predicted octanol–water partition coefficient (Wildman–Crippen LogP) is 4.72. The Morgan fingerprint density at radius 3 is 2.95 bits per heavy atom. The van der Waals surface area contributed by atoms with Crippen molar-refractivity contribution in [3.05, 3.63) is 28.8 Å². The van der Waals surface area contributed by atoms with E-state index in [0.717, 1.165) is 42.0 Å². The van der Waals surface area contributed by atoms with Gasteiger partial charge in [-0.25, -0.2) is 0 Å². The topological polar surface area (TPSA) is 21.3 Å². The smallest absolute Gasteiger partial charge is 0.125 e. The first-order chi connectivity index (χ1) is 10.2. The van der Waals surface area contributed by atoms with Crippen LogP contribution in [0.4, 0.5) is 0 Å². The van der Waals surface area contributed by atoms with Crippen molar-refractivity contribution in [2.75, 3.05) is 6.54 Å².